The molecule has 0 unspecified atom stereocenters. The molecular weight excluding hydrogens is 457 g/mol. The van der Waals surface area contributed by atoms with Crippen molar-refractivity contribution in [2.75, 3.05) is 6.61 Å². The maximum atomic E-state index is 14.5. The molecule has 2 aromatic carbocycles. The Morgan fingerprint density at radius 1 is 1.27 bits per heavy atom. The van der Waals surface area contributed by atoms with Gasteiger partial charge in [0.2, 0.25) is 0 Å². The summed E-state index contributed by atoms with van der Waals surface area (Å²) in [5.41, 5.74) is 1.71. The number of carbonyl (C=O) groups is 1. The van der Waals surface area contributed by atoms with E-state index in [1.54, 1.807) is 26.0 Å². The van der Waals surface area contributed by atoms with E-state index >= 15 is 0 Å². The summed E-state index contributed by atoms with van der Waals surface area (Å²) >= 11 is 0. The van der Waals surface area contributed by atoms with Gasteiger partial charge in [-0.2, -0.15) is 0 Å². The fourth-order valence-electron chi connectivity index (χ4n) is 3.03. The van der Waals surface area contributed by atoms with Crippen LogP contribution in [0, 0.1) is 22.9 Å². The van der Waals surface area contributed by atoms with E-state index in [4.69, 9.17) is 4.74 Å². The van der Waals surface area contributed by atoms with Crippen LogP contribution in [0.4, 0.5) is 10.2 Å². The number of hydrogen-bond acceptors (Lipinski definition) is 5. The highest BCUT2D eigenvalue weighted by atomic mass is 79.9. The highest BCUT2D eigenvalue weighted by Gasteiger charge is 2.21. The fourth-order valence-corrected chi connectivity index (χ4v) is 3.03. The third-order valence-corrected chi connectivity index (χ3v) is 4.71. The first kappa shape index (κ1) is 23.2. The number of hydrogen-bond donors (Lipinski definition) is 0. The number of halogens is 2. The van der Waals surface area contributed by atoms with Crippen molar-refractivity contribution in [2.45, 2.75) is 26.3 Å². The van der Waals surface area contributed by atoms with Crippen LogP contribution < -0.4 is 0 Å². The molecule has 158 valence electrons. The van der Waals surface area contributed by atoms with Gasteiger partial charge >= 0.3 is 11.8 Å². The lowest BCUT2D eigenvalue weighted by atomic mass is 9.97. The molecule has 0 bridgehead atoms. The summed E-state index contributed by atoms with van der Waals surface area (Å²) in [6, 6.07) is 13.8. The Labute approximate surface area is 183 Å². The lowest BCUT2D eigenvalue weighted by molar-refractivity contribution is -0.392. The molecule has 0 aliphatic rings. The molecule has 0 saturated carbocycles. The zero-order valence-corrected chi connectivity index (χ0v) is 18.2. The van der Waals surface area contributed by atoms with Crippen molar-refractivity contribution in [1.29, 1.82) is 0 Å². The third kappa shape index (κ3) is 5.10. The topological polar surface area (TPSA) is 87.3 Å². The Morgan fingerprint density at radius 3 is 2.60 bits per heavy atom. The monoisotopic (exact) mass is 477 g/mol. The molecule has 0 aliphatic carbocycles. The first-order chi connectivity index (χ1) is 13.9. The Kier molecular flexibility index (Phi) is 7.82. The third-order valence-electron chi connectivity index (χ3n) is 4.71. The minimum atomic E-state index is -0.673. The molecular formula is C21H21BrFN3O4. The summed E-state index contributed by atoms with van der Waals surface area (Å²) in [5, 5.41) is 11.0. The van der Waals surface area contributed by atoms with Crippen molar-refractivity contribution in [2.24, 2.45) is 0 Å². The van der Waals surface area contributed by atoms with E-state index < -0.39 is 22.6 Å². The summed E-state index contributed by atoms with van der Waals surface area (Å²) in [7, 11) is 0. The number of nitrogens with zero attached hydrogens (tertiary/aromatic N) is 3. The maximum absolute atomic E-state index is 14.5. The van der Waals surface area contributed by atoms with Crippen LogP contribution in [-0.2, 0) is 16.1 Å². The molecule has 0 saturated heterocycles. The van der Waals surface area contributed by atoms with E-state index in [2.05, 4.69) is 4.98 Å². The molecule has 0 N–H and O–H groups in total. The van der Waals surface area contributed by atoms with Crippen LogP contribution >= 0.6 is 17.0 Å². The van der Waals surface area contributed by atoms with Gasteiger partial charge in [-0.05, 0) is 29.0 Å². The zero-order valence-electron chi connectivity index (χ0n) is 16.4. The highest BCUT2D eigenvalue weighted by molar-refractivity contribution is 8.93. The summed E-state index contributed by atoms with van der Waals surface area (Å²) in [6.07, 6.45) is 1.16. The molecule has 0 radical (unpaired) electrons. The molecule has 0 fully saturated rings. The molecule has 1 heterocycles. The minimum absolute atomic E-state index is 0. The molecule has 3 rings (SSSR count). The average Bonchev–Trinajstić information content (AvgIpc) is 3.08. The average molecular weight is 478 g/mol. The number of aryl methyl sites for hydroxylation is 1. The number of nitro groups is 1. The Morgan fingerprint density at radius 2 is 1.97 bits per heavy atom. The number of aromatic nitrogens is 2. The van der Waals surface area contributed by atoms with Gasteiger partial charge in [0.1, 0.15) is 25.2 Å². The second-order valence-electron chi connectivity index (χ2n) is 6.57. The fraction of sp³-hybridized carbons (Fsp3) is 0.238. The molecule has 30 heavy (non-hydrogen) atoms. The SMILES string of the molecule is Br.Cc1ncc([N+](=O)[O-])n1CCOC(=O)[C@@H](C)c1ccc(-c2ccccc2)c(F)c1. The van der Waals surface area contributed by atoms with E-state index in [-0.39, 0.29) is 36.0 Å². The maximum Gasteiger partial charge on any atom is 0.342 e. The molecule has 7 nitrogen and oxygen atoms in total. The molecule has 9 heteroatoms. The van der Waals surface area contributed by atoms with Gasteiger partial charge in [0.25, 0.3) is 0 Å². The van der Waals surface area contributed by atoms with Crippen LogP contribution in [0.25, 0.3) is 11.1 Å². The zero-order chi connectivity index (χ0) is 21.0. The van der Waals surface area contributed by atoms with E-state index in [9.17, 15) is 19.3 Å². The van der Waals surface area contributed by atoms with Gasteiger partial charge in [-0.1, -0.05) is 42.5 Å². The van der Waals surface area contributed by atoms with E-state index in [0.717, 1.165) is 11.8 Å². The molecule has 0 aliphatic heterocycles. The molecule has 1 aromatic heterocycles. The highest BCUT2D eigenvalue weighted by Crippen LogP contribution is 2.26. The molecule has 0 spiro atoms. The van der Waals surface area contributed by atoms with Crippen LogP contribution in [0.15, 0.2) is 54.7 Å². The Balaban J connectivity index is 0.00000320. The number of rotatable bonds is 7. The standard InChI is InChI=1S/C21H20FN3O4.BrH/c1-14(17-8-9-18(19(22)12-17)16-6-4-3-5-7-16)21(26)29-11-10-24-15(2)23-13-20(24)25(27)28;/h3-9,12-14H,10-11H2,1-2H3;1H/t14-;/m0./s1. The van der Waals surface area contributed by atoms with Crippen molar-refractivity contribution in [3.63, 3.8) is 0 Å². The van der Waals surface area contributed by atoms with Gasteiger partial charge in [0.15, 0.2) is 5.82 Å². The summed E-state index contributed by atoms with van der Waals surface area (Å²) < 4.78 is 21.1. The van der Waals surface area contributed by atoms with Crippen LogP contribution in [0.5, 0.6) is 0 Å². The Hall–Kier alpha value is -3.07. The summed E-state index contributed by atoms with van der Waals surface area (Å²) in [4.78, 5) is 26.7. The molecule has 1 atom stereocenters. The summed E-state index contributed by atoms with van der Waals surface area (Å²) in [6.45, 7) is 3.33. The van der Waals surface area contributed by atoms with Crippen molar-refractivity contribution in [3.8, 4) is 11.1 Å². The normalized spacial score (nSPS) is 11.4. The van der Waals surface area contributed by atoms with E-state index in [1.807, 2.05) is 30.3 Å². The van der Waals surface area contributed by atoms with Crippen LogP contribution in [0.3, 0.4) is 0 Å². The smallest absolute Gasteiger partial charge is 0.342 e. The van der Waals surface area contributed by atoms with Crippen molar-refractivity contribution in [3.05, 3.63) is 82.0 Å². The first-order valence-electron chi connectivity index (χ1n) is 9.06. The predicted octanol–water partition coefficient (Wildman–Crippen LogP) is 4.83. The van der Waals surface area contributed by atoms with Gasteiger partial charge in [-0.3, -0.25) is 4.79 Å². The van der Waals surface area contributed by atoms with Gasteiger partial charge < -0.3 is 14.9 Å². The first-order valence-corrected chi connectivity index (χ1v) is 9.06. The Bertz CT molecular complexity index is 1040. The lowest BCUT2D eigenvalue weighted by Gasteiger charge is -2.13. The van der Waals surface area contributed by atoms with Gasteiger partial charge in [-0.25, -0.2) is 13.9 Å². The van der Waals surface area contributed by atoms with Crippen molar-refractivity contribution < 1.29 is 18.8 Å². The van der Waals surface area contributed by atoms with E-state index in [0.29, 0.717) is 17.0 Å². The van der Waals surface area contributed by atoms with Crippen molar-refractivity contribution in [1.82, 2.24) is 9.55 Å². The number of benzene rings is 2. The van der Waals surface area contributed by atoms with Crippen LogP contribution in [0.2, 0.25) is 0 Å². The van der Waals surface area contributed by atoms with Gasteiger partial charge in [-0.15, -0.1) is 17.0 Å². The largest absolute Gasteiger partial charge is 0.461 e. The van der Waals surface area contributed by atoms with E-state index in [1.165, 1.54) is 10.6 Å². The van der Waals surface area contributed by atoms with Crippen molar-refractivity contribution >= 4 is 28.8 Å². The van der Waals surface area contributed by atoms with Crippen LogP contribution in [0.1, 0.15) is 24.2 Å². The number of carbonyl (C=O) groups excluding carboxylic acids is 1. The second kappa shape index (κ2) is 10.1. The minimum Gasteiger partial charge on any atom is -0.461 e. The molecule has 3 aromatic rings. The lowest BCUT2D eigenvalue weighted by Crippen LogP contribution is -2.17. The second-order valence-corrected chi connectivity index (χ2v) is 6.57. The molecule has 0 amide bonds. The number of imidazole rings is 1. The number of esters is 1. The summed E-state index contributed by atoms with van der Waals surface area (Å²) in [5.74, 6) is -1.33. The predicted molar refractivity (Wildman–Crippen MR) is 115 cm³/mol. The number of ether oxygens (including phenoxy) is 1. The van der Waals surface area contributed by atoms with Gasteiger partial charge in [0, 0.05) is 12.5 Å². The van der Waals surface area contributed by atoms with Crippen LogP contribution in [-0.4, -0.2) is 27.1 Å². The quantitative estimate of drug-likeness (QED) is 0.276. The van der Waals surface area contributed by atoms with Gasteiger partial charge in [0.05, 0.1) is 5.92 Å².